The molecule has 2 N–H and O–H groups in total. The molecule has 0 aliphatic rings. The Hall–Kier alpha value is -2.33. The molecule has 4 nitrogen and oxygen atoms in total. The first-order chi connectivity index (χ1) is 10.6. The van der Waals surface area contributed by atoms with Crippen molar-refractivity contribution in [3.05, 3.63) is 70.2 Å². The molecule has 114 valence electrons. The van der Waals surface area contributed by atoms with Gasteiger partial charge in [-0.15, -0.1) is 0 Å². The lowest BCUT2D eigenvalue weighted by molar-refractivity contribution is -0.120. The molecule has 0 saturated heterocycles. The molecular weight excluding hydrogens is 300 g/mol. The van der Waals surface area contributed by atoms with Gasteiger partial charge in [0.1, 0.15) is 0 Å². The predicted molar refractivity (Wildman–Crippen MR) is 86.8 cm³/mol. The van der Waals surface area contributed by atoms with E-state index in [0.717, 1.165) is 11.1 Å². The third-order valence-electron chi connectivity index (χ3n) is 3.23. The molecule has 0 heterocycles. The zero-order valence-corrected chi connectivity index (χ0v) is 13.0. The Morgan fingerprint density at radius 1 is 1.00 bits per heavy atom. The van der Waals surface area contributed by atoms with E-state index < -0.39 is 0 Å². The maximum atomic E-state index is 12.0. The molecule has 0 aliphatic carbocycles. The average molecular weight is 317 g/mol. The summed E-state index contributed by atoms with van der Waals surface area (Å²) in [6, 6.07) is 14.5. The van der Waals surface area contributed by atoms with Crippen LogP contribution >= 0.6 is 11.6 Å². The van der Waals surface area contributed by atoms with Gasteiger partial charge in [0, 0.05) is 17.1 Å². The standard InChI is InChI=1S/C17H17ClN2O2/c1-12-6-2-4-8-14(12)17(22)20-11-16(21)19-10-13-7-3-5-9-15(13)18/h2-9H,10-11H2,1H3,(H,19,21)(H,20,22). The minimum absolute atomic E-state index is 0.0718. The van der Waals surface area contributed by atoms with E-state index in [1.165, 1.54) is 0 Å². The van der Waals surface area contributed by atoms with Gasteiger partial charge in [-0.05, 0) is 30.2 Å². The Bertz CT molecular complexity index is 686. The molecule has 2 rings (SSSR count). The van der Waals surface area contributed by atoms with E-state index in [1.54, 1.807) is 18.2 Å². The molecule has 0 saturated carbocycles. The van der Waals surface area contributed by atoms with E-state index in [2.05, 4.69) is 10.6 Å². The fraction of sp³-hybridized carbons (Fsp3) is 0.176. The molecule has 2 aromatic carbocycles. The summed E-state index contributed by atoms with van der Waals surface area (Å²) in [5.41, 5.74) is 2.28. The topological polar surface area (TPSA) is 58.2 Å². The van der Waals surface area contributed by atoms with Crippen LogP contribution in [0.4, 0.5) is 0 Å². The molecule has 0 radical (unpaired) electrons. The molecule has 22 heavy (non-hydrogen) atoms. The Kier molecular flexibility index (Phi) is 5.55. The van der Waals surface area contributed by atoms with Crippen LogP contribution in [0.1, 0.15) is 21.5 Å². The molecule has 0 atom stereocenters. The van der Waals surface area contributed by atoms with Gasteiger partial charge in [-0.3, -0.25) is 9.59 Å². The summed E-state index contributed by atoms with van der Waals surface area (Å²) in [6.45, 7) is 2.11. The van der Waals surface area contributed by atoms with E-state index in [9.17, 15) is 9.59 Å². The number of hydrogen-bond donors (Lipinski definition) is 2. The number of carbonyl (C=O) groups excluding carboxylic acids is 2. The third-order valence-corrected chi connectivity index (χ3v) is 3.60. The molecule has 5 heteroatoms. The quantitative estimate of drug-likeness (QED) is 0.891. The molecule has 0 spiro atoms. The molecule has 0 fully saturated rings. The Balaban J connectivity index is 1.82. The van der Waals surface area contributed by atoms with Crippen LogP contribution in [0, 0.1) is 6.92 Å². The number of hydrogen-bond acceptors (Lipinski definition) is 2. The maximum absolute atomic E-state index is 12.0. The SMILES string of the molecule is Cc1ccccc1C(=O)NCC(=O)NCc1ccccc1Cl. The van der Waals surface area contributed by atoms with Gasteiger partial charge in [-0.25, -0.2) is 0 Å². The van der Waals surface area contributed by atoms with E-state index in [0.29, 0.717) is 17.1 Å². The van der Waals surface area contributed by atoms with Crippen molar-refractivity contribution in [3.8, 4) is 0 Å². The highest BCUT2D eigenvalue weighted by molar-refractivity contribution is 6.31. The number of carbonyl (C=O) groups is 2. The second kappa shape index (κ2) is 7.61. The summed E-state index contributed by atoms with van der Waals surface area (Å²) < 4.78 is 0. The monoisotopic (exact) mass is 316 g/mol. The second-order valence-electron chi connectivity index (χ2n) is 4.87. The van der Waals surface area contributed by atoms with Crippen LogP contribution in [0.2, 0.25) is 5.02 Å². The summed E-state index contributed by atoms with van der Waals surface area (Å²) in [4.78, 5) is 23.8. The fourth-order valence-electron chi connectivity index (χ4n) is 1.98. The van der Waals surface area contributed by atoms with Crippen molar-refractivity contribution in [2.24, 2.45) is 0 Å². The molecule has 0 bridgehead atoms. The highest BCUT2D eigenvalue weighted by atomic mass is 35.5. The minimum atomic E-state index is -0.262. The van der Waals surface area contributed by atoms with Crippen molar-refractivity contribution < 1.29 is 9.59 Å². The summed E-state index contributed by atoms with van der Waals surface area (Å²) in [7, 11) is 0. The van der Waals surface area contributed by atoms with Gasteiger partial charge in [-0.2, -0.15) is 0 Å². The van der Waals surface area contributed by atoms with Crippen LogP contribution in [-0.2, 0) is 11.3 Å². The molecular formula is C17H17ClN2O2. The number of nitrogens with one attached hydrogen (secondary N) is 2. The largest absolute Gasteiger partial charge is 0.350 e. The number of benzene rings is 2. The lowest BCUT2D eigenvalue weighted by atomic mass is 10.1. The summed E-state index contributed by atoms with van der Waals surface area (Å²) >= 11 is 6.01. The first kappa shape index (κ1) is 16.0. The first-order valence-electron chi connectivity index (χ1n) is 6.92. The third kappa shape index (κ3) is 4.33. The van der Waals surface area contributed by atoms with Gasteiger partial charge in [-0.1, -0.05) is 48.0 Å². The Morgan fingerprint density at radius 3 is 2.41 bits per heavy atom. The lowest BCUT2D eigenvalue weighted by Gasteiger charge is -2.09. The van der Waals surface area contributed by atoms with Gasteiger partial charge >= 0.3 is 0 Å². The van der Waals surface area contributed by atoms with E-state index in [-0.39, 0.29) is 18.4 Å². The van der Waals surface area contributed by atoms with Gasteiger partial charge in [0.25, 0.3) is 5.91 Å². The van der Waals surface area contributed by atoms with Crippen LogP contribution in [-0.4, -0.2) is 18.4 Å². The number of halogens is 1. The van der Waals surface area contributed by atoms with Gasteiger partial charge in [0.2, 0.25) is 5.91 Å². The normalized spacial score (nSPS) is 10.1. The molecule has 0 aromatic heterocycles. The molecule has 2 aromatic rings. The Morgan fingerprint density at radius 2 is 1.68 bits per heavy atom. The van der Waals surface area contributed by atoms with E-state index in [4.69, 9.17) is 11.6 Å². The fourth-order valence-corrected chi connectivity index (χ4v) is 2.18. The molecule has 0 aliphatic heterocycles. The van der Waals surface area contributed by atoms with Gasteiger partial charge in [0.15, 0.2) is 0 Å². The van der Waals surface area contributed by atoms with Crippen molar-refractivity contribution in [1.29, 1.82) is 0 Å². The average Bonchev–Trinajstić information content (AvgIpc) is 2.52. The van der Waals surface area contributed by atoms with Crippen molar-refractivity contribution in [2.45, 2.75) is 13.5 Å². The Labute approximate surface area is 134 Å². The van der Waals surface area contributed by atoms with Gasteiger partial charge < -0.3 is 10.6 Å². The lowest BCUT2D eigenvalue weighted by Crippen LogP contribution is -2.36. The zero-order valence-electron chi connectivity index (χ0n) is 12.2. The van der Waals surface area contributed by atoms with Crippen LogP contribution < -0.4 is 10.6 Å². The van der Waals surface area contributed by atoms with Crippen LogP contribution in [0.3, 0.4) is 0 Å². The van der Waals surface area contributed by atoms with Crippen molar-refractivity contribution in [1.82, 2.24) is 10.6 Å². The maximum Gasteiger partial charge on any atom is 0.251 e. The second-order valence-corrected chi connectivity index (χ2v) is 5.27. The van der Waals surface area contributed by atoms with Crippen molar-refractivity contribution >= 4 is 23.4 Å². The summed E-state index contributed by atoms with van der Waals surface area (Å²) in [5, 5.41) is 5.93. The van der Waals surface area contributed by atoms with E-state index >= 15 is 0 Å². The first-order valence-corrected chi connectivity index (χ1v) is 7.29. The number of rotatable bonds is 5. The van der Waals surface area contributed by atoms with Crippen molar-refractivity contribution in [3.63, 3.8) is 0 Å². The minimum Gasteiger partial charge on any atom is -0.350 e. The highest BCUT2D eigenvalue weighted by Gasteiger charge is 2.10. The highest BCUT2D eigenvalue weighted by Crippen LogP contribution is 2.14. The van der Waals surface area contributed by atoms with Gasteiger partial charge in [0.05, 0.1) is 6.54 Å². The number of amides is 2. The summed E-state index contributed by atoms with van der Waals surface area (Å²) in [5.74, 6) is -0.521. The van der Waals surface area contributed by atoms with Crippen LogP contribution in [0.5, 0.6) is 0 Å². The van der Waals surface area contributed by atoms with Crippen molar-refractivity contribution in [2.75, 3.05) is 6.54 Å². The smallest absolute Gasteiger partial charge is 0.251 e. The molecule has 0 unspecified atom stereocenters. The van der Waals surface area contributed by atoms with E-state index in [1.807, 2.05) is 37.3 Å². The van der Waals surface area contributed by atoms with Crippen LogP contribution in [0.25, 0.3) is 0 Å². The summed E-state index contributed by atoms with van der Waals surface area (Å²) in [6.07, 6.45) is 0. The predicted octanol–water partition coefficient (Wildman–Crippen LogP) is 2.69. The van der Waals surface area contributed by atoms with Crippen LogP contribution in [0.15, 0.2) is 48.5 Å². The molecule has 2 amide bonds. The zero-order chi connectivity index (χ0) is 15.9. The number of aryl methyl sites for hydroxylation is 1.